The number of rotatable bonds is 5. The Morgan fingerprint density at radius 3 is 2.21 bits per heavy atom. The second kappa shape index (κ2) is 6.71. The fourth-order valence-corrected chi connectivity index (χ4v) is 4.24. The Balaban J connectivity index is 1.71. The first-order valence-corrected chi connectivity index (χ1v) is 9.25. The first-order valence-electron chi connectivity index (χ1n) is 6.57. The minimum Gasteiger partial charge on any atom is -0.339 e. The second-order valence-electron chi connectivity index (χ2n) is 4.60. The van der Waals surface area contributed by atoms with Crippen molar-refractivity contribution in [2.24, 2.45) is 0 Å². The number of hydrogen-bond acceptors (Lipinski definition) is 6. The predicted octanol–water partition coefficient (Wildman–Crippen LogP) is 3.88. The van der Waals surface area contributed by atoms with Crippen molar-refractivity contribution in [1.29, 1.82) is 0 Å². The quantitative estimate of drug-likeness (QED) is 0.697. The number of halogens is 2. The van der Waals surface area contributed by atoms with Gasteiger partial charge >= 0.3 is 0 Å². The van der Waals surface area contributed by atoms with Crippen molar-refractivity contribution in [2.75, 3.05) is 10.0 Å². The second-order valence-corrected chi connectivity index (χ2v) is 8.22. The van der Waals surface area contributed by atoms with E-state index in [0.717, 1.165) is 11.3 Å². The van der Waals surface area contributed by atoms with Gasteiger partial charge in [-0.25, -0.2) is 12.8 Å². The number of nitrogens with zero attached hydrogens (tertiary/aromatic N) is 2. The number of benzene rings is 1. The minimum absolute atomic E-state index is 0.0733. The van der Waals surface area contributed by atoms with Crippen LogP contribution in [0.1, 0.15) is 0 Å². The van der Waals surface area contributed by atoms with Gasteiger partial charge in [0, 0.05) is 5.69 Å². The largest absolute Gasteiger partial charge is 0.339 e. The number of thiophene rings is 1. The molecular formula is C14H10ClFN4O2S2. The van der Waals surface area contributed by atoms with Gasteiger partial charge in [0.15, 0.2) is 11.6 Å². The summed E-state index contributed by atoms with van der Waals surface area (Å²) < 4.78 is 39.9. The number of sulfonamides is 1. The third kappa shape index (κ3) is 3.99. The van der Waals surface area contributed by atoms with Gasteiger partial charge in [-0.15, -0.1) is 21.5 Å². The van der Waals surface area contributed by atoms with Crippen molar-refractivity contribution in [1.82, 2.24) is 10.2 Å². The Kier molecular flexibility index (Phi) is 4.65. The van der Waals surface area contributed by atoms with Gasteiger partial charge < -0.3 is 5.32 Å². The highest BCUT2D eigenvalue weighted by atomic mass is 35.5. The molecule has 10 heteroatoms. The first kappa shape index (κ1) is 16.6. The first-order chi connectivity index (χ1) is 11.4. The zero-order valence-corrected chi connectivity index (χ0v) is 14.3. The molecule has 0 aliphatic heterocycles. The zero-order chi connectivity index (χ0) is 17.2. The van der Waals surface area contributed by atoms with Crippen LogP contribution in [0.3, 0.4) is 0 Å². The van der Waals surface area contributed by atoms with Crippen molar-refractivity contribution in [3.05, 3.63) is 58.7 Å². The summed E-state index contributed by atoms with van der Waals surface area (Å²) in [5.41, 5.74) is 0.632. The Morgan fingerprint density at radius 1 is 0.958 bits per heavy atom. The van der Waals surface area contributed by atoms with E-state index < -0.39 is 10.0 Å². The van der Waals surface area contributed by atoms with Crippen molar-refractivity contribution in [2.45, 2.75) is 4.21 Å². The summed E-state index contributed by atoms with van der Waals surface area (Å²) in [6, 6.07) is 11.6. The molecule has 2 aromatic heterocycles. The van der Waals surface area contributed by atoms with Crippen LogP contribution in [0.2, 0.25) is 4.34 Å². The van der Waals surface area contributed by atoms with Crippen molar-refractivity contribution in [3.63, 3.8) is 0 Å². The van der Waals surface area contributed by atoms with Gasteiger partial charge in [0.1, 0.15) is 10.0 Å². The van der Waals surface area contributed by atoms with E-state index in [1.54, 1.807) is 18.2 Å². The van der Waals surface area contributed by atoms with Crippen LogP contribution < -0.4 is 10.0 Å². The molecule has 2 N–H and O–H groups in total. The van der Waals surface area contributed by atoms with Gasteiger partial charge in [-0.1, -0.05) is 11.6 Å². The average molecular weight is 385 g/mol. The molecule has 0 atom stereocenters. The zero-order valence-electron chi connectivity index (χ0n) is 11.9. The van der Waals surface area contributed by atoms with Crippen molar-refractivity contribution in [3.8, 4) is 0 Å². The van der Waals surface area contributed by atoms with Gasteiger partial charge in [-0.05, 0) is 48.5 Å². The molecule has 0 unspecified atom stereocenters. The lowest BCUT2D eigenvalue weighted by Crippen LogP contribution is -2.13. The fourth-order valence-electron chi connectivity index (χ4n) is 1.76. The summed E-state index contributed by atoms with van der Waals surface area (Å²) in [6.45, 7) is 0. The van der Waals surface area contributed by atoms with E-state index in [4.69, 9.17) is 11.6 Å². The number of aromatic nitrogens is 2. The van der Waals surface area contributed by atoms with Crippen LogP contribution >= 0.6 is 22.9 Å². The van der Waals surface area contributed by atoms with E-state index in [-0.39, 0.29) is 15.8 Å². The Hall–Kier alpha value is -2.23. The third-order valence-electron chi connectivity index (χ3n) is 2.83. The van der Waals surface area contributed by atoms with Crippen LogP contribution in [0.15, 0.2) is 52.7 Å². The number of nitrogens with one attached hydrogen (secondary N) is 2. The molecule has 0 radical (unpaired) electrons. The van der Waals surface area contributed by atoms with Gasteiger partial charge in [0.2, 0.25) is 0 Å². The average Bonchev–Trinajstić information content (AvgIpc) is 2.99. The van der Waals surface area contributed by atoms with E-state index >= 15 is 0 Å². The Bertz CT molecular complexity index is 944. The van der Waals surface area contributed by atoms with Crippen LogP contribution in [-0.2, 0) is 10.0 Å². The SMILES string of the molecule is O=S(=O)(Nc1ccc(Nc2ccc(F)cc2)nn1)c1ccc(Cl)s1. The molecule has 0 bridgehead atoms. The van der Waals surface area contributed by atoms with Crippen LogP contribution in [0.5, 0.6) is 0 Å². The molecule has 0 spiro atoms. The molecule has 3 aromatic rings. The molecule has 2 heterocycles. The molecule has 24 heavy (non-hydrogen) atoms. The van der Waals surface area contributed by atoms with E-state index in [0.29, 0.717) is 15.8 Å². The van der Waals surface area contributed by atoms with Crippen LogP contribution in [0, 0.1) is 5.82 Å². The number of anilines is 3. The molecule has 0 amide bonds. The summed E-state index contributed by atoms with van der Waals surface area (Å²) >= 11 is 6.69. The smallest absolute Gasteiger partial charge is 0.272 e. The van der Waals surface area contributed by atoms with Gasteiger partial charge in [-0.3, -0.25) is 4.72 Å². The molecule has 124 valence electrons. The lowest BCUT2D eigenvalue weighted by atomic mass is 10.3. The standard InChI is InChI=1S/C14H10ClFN4O2S2/c15-11-5-8-14(23-11)24(21,22)20-13-7-6-12(18-19-13)17-10-3-1-9(16)2-4-10/h1-8H,(H,17,18)(H,19,20). The summed E-state index contributed by atoms with van der Waals surface area (Å²) in [5, 5.41) is 10.6. The summed E-state index contributed by atoms with van der Waals surface area (Å²) in [4.78, 5) is 0. The molecule has 0 aliphatic carbocycles. The summed E-state index contributed by atoms with van der Waals surface area (Å²) in [5.74, 6) is 0.123. The normalized spacial score (nSPS) is 11.2. The lowest BCUT2D eigenvalue weighted by Gasteiger charge is -2.07. The van der Waals surface area contributed by atoms with Crippen LogP contribution in [0.4, 0.5) is 21.7 Å². The molecular weight excluding hydrogens is 375 g/mol. The Morgan fingerprint density at radius 2 is 1.62 bits per heavy atom. The molecule has 0 saturated carbocycles. The maximum atomic E-state index is 12.8. The molecule has 1 aromatic carbocycles. The minimum atomic E-state index is -3.75. The van der Waals surface area contributed by atoms with Crippen LogP contribution in [0.25, 0.3) is 0 Å². The van der Waals surface area contributed by atoms with Crippen LogP contribution in [-0.4, -0.2) is 18.6 Å². The fraction of sp³-hybridized carbons (Fsp3) is 0. The monoisotopic (exact) mass is 384 g/mol. The molecule has 6 nitrogen and oxygen atoms in total. The van der Waals surface area contributed by atoms with E-state index in [1.807, 2.05) is 0 Å². The summed E-state index contributed by atoms with van der Waals surface area (Å²) in [6.07, 6.45) is 0. The molecule has 0 saturated heterocycles. The highest BCUT2D eigenvalue weighted by Crippen LogP contribution is 2.27. The third-order valence-corrected chi connectivity index (χ3v) is 5.91. The maximum absolute atomic E-state index is 12.8. The molecule has 0 fully saturated rings. The lowest BCUT2D eigenvalue weighted by molar-refractivity contribution is 0.603. The van der Waals surface area contributed by atoms with E-state index in [2.05, 4.69) is 20.2 Å². The van der Waals surface area contributed by atoms with Gasteiger partial charge in [-0.2, -0.15) is 0 Å². The van der Waals surface area contributed by atoms with Gasteiger partial charge in [0.05, 0.1) is 4.34 Å². The summed E-state index contributed by atoms with van der Waals surface area (Å²) in [7, 11) is -3.75. The highest BCUT2D eigenvalue weighted by Gasteiger charge is 2.17. The van der Waals surface area contributed by atoms with Crippen molar-refractivity contribution >= 4 is 50.3 Å². The van der Waals surface area contributed by atoms with E-state index in [1.165, 1.54) is 30.3 Å². The number of hydrogen-bond donors (Lipinski definition) is 2. The van der Waals surface area contributed by atoms with E-state index in [9.17, 15) is 12.8 Å². The highest BCUT2D eigenvalue weighted by molar-refractivity contribution is 7.94. The molecule has 0 aliphatic rings. The van der Waals surface area contributed by atoms with Crippen molar-refractivity contribution < 1.29 is 12.8 Å². The topological polar surface area (TPSA) is 84.0 Å². The van der Waals surface area contributed by atoms with Gasteiger partial charge in [0.25, 0.3) is 10.0 Å². The molecule has 3 rings (SSSR count). The Labute approximate surface area is 146 Å². The predicted molar refractivity (Wildman–Crippen MR) is 91.9 cm³/mol. The maximum Gasteiger partial charge on any atom is 0.272 e.